The van der Waals surface area contributed by atoms with Crippen LogP contribution in [0, 0.1) is 11.6 Å². The number of amidine groups is 1. The molecular formula is C24H20F2N2. The van der Waals surface area contributed by atoms with Gasteiger partial charge >= 0.3 is 0 Å². The van der Waals surface area contributed by atoms with Crippen molar-refractivity contribution in [3.8, 4) is 11.1 Å². The topological polar surface area (TPSA) is 24.7 Å². The van der Waals surface area contributed by atoms with E-state index in [-0.39, 0.29) is 5.56 Å². The Morgan fingerprint density at radius 3 is 2.21 bits per heavy atom. The molecule has 28 heavy (non-hydrogen) atoms. The van der Waals surface area contributed by atoms with Crippen molar-refractivity contribution in [2.24, 2.45) is 9.98 Å². The maximum Gasteiger partial charge on any atom is 0.154 e. The highest BCUT2D eigenvalue weighted by Gasteiger charge is 2.13. The number of rotatable bonds is 6. The molecule has 0 bridgehead atoms. The molecule has 140 valence electrons. The van der Waals surface area contributed by atoms with Crippen molar-refractivity contribution in [3.63, 3.8) is 0 Å². The Balaban J connectivity index is 1.52. The summed E-state index contributed by atoms with van der Waals surface area (Å²) in [6.07, 6.45) is 3.61. The molecule has 0 saturated carbocycles. The standard InChI is InChI=1S/C24H20F2N2/c25-22-15-20(18-9-5-10-19(14-18)24-27-12-13-28-24)16-23(26)21(22)11-4-8-17-6-2-1-3-7-17/h1-3,5-7,9-10,12,14-16H,4,8,11,13H2. The number of nitrogens with zero attached hydrogens (tertiary/aromatic N) is 2. The number of hydrogen-bond acceptors (Lipinski definition) is 2. The van der Waals surface area contributed by atoms with Gasteiger partial charge in [0.25, 0.3) is 0 Å². The number of benzene rings is 3. The monoisotopic (exact) mass is 374 g/mol. The predicted molar refractivity (Wildman–Crippen MR) is 110 cm³/mol. The van der Waals surface area contributed by atoms with Gasteiger partial charge in [-0.3, -0.25) is 4.99 Å². The van der Waals surface area contributed by atoms with Crippen LogP contribution >= 0.6 is 0 Å². The average molecular weight is 374 g/mol. The maximum absolute atomic E-state index is 14.6. The van der Waals surface area contributed by atoms with E-state index < -0.39 is 11.6 Å². The van der Waals surface area contributed by atoms with E-state index in [4.69, 9.17) is 0 Å². The summed E-state index contributed by atoms with van der Waals surface area (Å²) >= 11 is 0. The molecule has 1 heterocycles. The minimum Gasteiger partial charge on any atom is -0.260 e. The van der Waals surface area contributed by atoms with Gasteiger partial charge < -0.3 is 0 Å². The van der Waals surface area contributed by atoms with Crippen LogP contribution in [0.5, 0.6) is 0 Å². The molecule has 1 aliphatic rings. The summed E-state index contributed by atoms with van der Waals surface area (Å²) in [5, 5.41) is 0. The maximum atomic E-state index is 14.6. The fourth-order valence-electron chi connectivity index (χ4n) is 3.42. The summed E-state index contributed by atoms with van der Waals surface area (Å²) in [4.78, 5) is 8.52. The first-order chi connectivity index (χ1) is 13.7. The summed E-state index contributed by atoms with van der Waals surface area (Å²) in [5.74, 6) is -0.338. The lowest BCUT2D eigenvalue weighted by Crippen LogP contribution is -1.99. The number of halogens is 2. The zero-order chi connectivity index (χ0) is 19.3. The Morgan fingerprint density at radius 1 is 0.750 bits per heavy atom. The van der Waals surface area contributed by atoms with E-state index in [0.29, 0.717) is 30.8 Å². The lowest BCUT2D eigenvalue weighted by molar-refractivity contribution is 0.551. The first-order valence-corrected chi connectivity index (χ1v) is 9.40. The molecule has 0 spiro atoms. The van der Waals surface area contributed by atoms with Gasteiger partial charge in [-0.1, -0.05) is 48.5 Å². The minimum atomic E-state index is -0.496. The molecule has 1 aliphatic heterocycles. The Labute approximate surface area is 163 Å². The van der Waals surface area contributed by atoms with Gasteiger partial charge in [0, 0.05) is 17.3 Å². The van der Waals surface area contributed by atoms with Crippen molar-refractivity contribution in [1.82, 2.24) is 0 Å². The van der Waals surface area contributed by atoms with E-state index in [9.17, 15) is 8.78 Å². The average Bonchev–Trinajstić information content (AvgIpc) is 3.26. The highest BCUT2D eigenvalue weighted by atomic mass is 19.1. The van der Waals surface area contributed by atoms with Gasteiger partial charge in [-0.25, -0.2) is 13.8 Å². The summed E-state index contributed by atoms with van der Waals surface area (Å²) in [6.45, 7) is 0.570. The van der Waals surface area contributed by atoms with E-state index >= 15 is 0 Å². The predicted octanol–water partition coefficient (Wildman–Crippen LogP) is 5.64. The molecule has 0 unspecified atom stereocenters. The normalized spacial score (nSPS) is 13.0. The van der Waals surface area contributed by atoms with Crippen LogP contribution in [0.25, 0.3) is 11.1 Å². The Bertz CT molecular complexity index is 1020. The van der Waals surface area contributed by atoms with E-state index in [1.807, 2.05) is 54.6 Å². The van der Waals surface area contributed by atoms with Crippen LogP contribution in [0.15, 0.2) is 76.7 Å². The highest BCUT2D eigenvalue weighted by Crippen LogP contribution is 2.27. The fraction of sp³-hybridized carbons (Fsp3) is 0.167. The first kappa shape index (κ1) is 18.2. The molecule has 0 radical (unpaired) electrons. The van der Waals surface area contributed by atoms with Crippen molar-refractivity contribution in [1.29, 1.82) is 0 Å². The van der Waals surface area contributed by atoms with E-state index in [1.165, 1.54) is 17.7 Å². The van der Waals surface area contributed by atoms with Crippen LogP contribution in [-0.4, -0.2) is 18.6 Å². The van der Waals surface area contributed by atoms with Crippen LogP contribution in [-0.2, 0) is 12.8 Å². The zero-order valence-corrected chi connectivity index (χ0v) is 15.4. The second-order valence-electron chi connectivity index (χ2n) is 6.81. The van der Waals surface area contributed by atoms with Gasteiger partial charge in [0.2, 0.25) is 0 Å². The first-order valence-electron chi connectivity index (χ1n) is 9.40. The number of aliphatic imine (C=N–C) groups is 2. The summed E-state index contributed by atoms with van der Waals surface area (Å²) in [7, 11) is 0. The lowest BCUT2D eigenvalue weighted by Gasteiger charge is -2.10. The van der Waals surface area contributed by atoms with Crippen molar-refractivity contribution < 1.29 is 8.78 Å². The molecule has 0 saturated heterocycles. The van der Waals surface area contributed by atoms with Gasteiger partial charge in [0.05, 0.1) is 6.54 Å². The second-order valence-corrected chi connectivity index (χ2v) is 6.81. The third-order valence-electron chi connectivity index (χ3n) is 4.87. The fourth-order valence-corrected chi connectivity index (χ4v) is 3.42. The molecule has 0 aromatic heterocycles. The summed E-state index contributed by atoms with van der Waals surface area (Å²) in [6, 6.07) is 20.3. The minimum absolute atomic E-state index is 0.153. The lowest BCUT2D eigenvalue weighted by atomic mass is 9.98. The number of aryl methyl sites for hydroxylation is 1. The molecule has 2 nitrogen and oxygen atoms in total. The van der Waals surface area contributed by atoms with Gasteiger partial charge in [-0.2, -0.15) is 0 Å². The quantitative estimate of drug-likeness (QED) is 0.534. The SMILES string of the molecule is Fc1cc(-c2cccc(C3=NCC=N3)c2)cc(F)c1CCCc1ccccc1. The van der Waals surface area contributed by atoms with Crippen LogP contribution in [0.1, 0.15) is 23.1 Å². The third kappa shape index (κ3) is 4.06. The van der Waals surface area contributed by atoms with Gasteiger partial charge in [-0.05, 0) is 54.2 Å². The molecular weight excluding hydrogens is 354 g/mol. The molecule has 0 N–H and O–H groups in total. The van der Waals surface area contributed by atoms with E-state index in [2.05, 4.69) is 9.98 Å². The van der Waals surface area contributed by atoms with Crippen molar-refractivity contribution in [2.45, 2.75) is 19.3 Å². The van der Waals surface area contributed by atoms with E-state index in [1.54, 1.807) is 6.21 Å². The molecule has 4 rings (SSSR count). The second kappa shape index (κ2) is 8.26. The number of hydrogen-bond donors (Lipinski definition) is 0. The third-order valence-corrected chi connectivity index (χ3v) is 4.87. The van der Waals surface area contributed by atoms with Gasteiger partial charge in [0.15, 0.2) is 5.84 Å². The Morgan fingerprint density at radius 2 is 1.50 bits per heavy atom. The van der Waals surface area contributed by atoms with Crippen LogP contribution in [0.4, 0.5) is 8.78 Å². The van der Waals surface area contributed by atoms with E-state index in [0.717, 1.165) is 17.5 Å². The van der Waals surface area contributed by atoms with Gasteiger partial charge in [0.1, 0.15) is 11.6 Å². The molecule has 3 aromatic carbocycles. The molecule has 3 aromatic rings. The van der Waals surface area contributed by atoms with Crippen molar-refractivity contribution >= 4 is 12.1 Å². The Hall–Kier alpha value is -3.14. The molecule has 0 fully saturated rings. The molecule has 0 atom stereocenters. The van der Waals surface area contributed by atoms with Crippen molar-refractivity contribution in [2.75, 3.05) is 6.54 Å². The molecule has 0 amide bonds. The molecule has 0 aliphatic carbocycles. The van der Waals surface area contributed by atoms with Crippen LogP contribution < -0.4 is 0 Å². The smallest absolute Gasteiger partial charge is 0.154 e. The largest absolute Gasteiger partial charge is 0.260 e. The van der Waals surface area contributed by atoms with Crippen LogP contribution in [0.2, 0.25) is 0 Å². The van der Waals surface area contributed by atoms with Gasteiger partial charge in [-0.15, -0.1) is 0 Å². The molecule has 4 heteroatoms. The highest BCUT2D eigenvalue weighted by molar-refractivity contribution is 6.06. The zero-order valence-electron chi connectivity index (χ0n) is 15.4. The van der Waals surface area contributed by atoms with Crippen LogP contribution in [0.3, 0.4) is 0 Å². The summed E-state index contributed by atoms with van der Waals surface area (Å²) < 4.78 is 29.3. The Kier molecular flexibility index (Phi) is 5.38. The summed E-state index contributed by atoms with van der Waals surface area (Å²) in [5.41, 5.74) is 3.44. The van der Waals surface area contributed by atoms with Crippen molar-refractivity contribution in [3.05, 3.63) is 95.1 Å².